The Balaban J connectivity index is 2.07. The molecule has 0 aliphatic rings. The van der Waals surface area contributed by atoms with Crippen LogP contribution in [0.5, 0.6) is 5.75 Å². The fraction of sp³-hybridized carbons (Fsp3) is 0.176. The maximum atomic E-state index is 10.8. The molecule has 0 aliphatic carbocycles. The molecule has 2 rings (SSSR count). The smallest absolute Gasteiger partial charge is 0.409 e. The van der Waals surface area contributed by atoms with E-state index in [1.165, 1.54) is 0 Å². The summed E-state index contributed by atoms with van der Waals surface area (Å²) in [4.78, 5) is 16.2. The summed E-state index contributed by atoms with van der Waals surface area (Å²) in [5.41, 5.74) is 8.55. The molecule has 0 aliphatic heterocycles. The number of aryl methyl sites for hydroxylation is 1. The molecule has 2 N–H and O–H groups in total. The third-order valence-corrected chi connectivity index (χ3v) is 3.39. The summed E-state index contributed by atoms with van der Waals surface area (Å²) in [7, 11) is 0. The fourth-order valence-electron chi connectivity index (χ4n) is 1.97. The average Bonchev–Trinajstić information content (AvgIpc) is 2.49. The van der Waals surface area contributed by atoms with E-state index in [2.05, 4.69) is 5.16 Å². The first-order valence-electron chi connectivity index (χ1n) is 6.95. The minimum atomic E-state index is -0.922. The minimum Gasteiger partial charge on any atom is -0.409 e. The Bertz CT molecular complexity index is 744. The number of nitrogens with two attached hydrogens (primary N) is 1. The molecular formula is C17H17ClN2O3. The van der Waals surface area contributed by atoms with E-state index in [0.29, 0.717) is 17.3 Å². The molecule has 2 aromatic carbocycles. The fourth-order valence-corrected chi connectivity index (χ4v) is 2.13. The van der Waals surface area contributed by atoms with Crippen molar-refractivity contribution in [2.45, 2.75) is 20.5 Å². The molecule has 2 aromatic rings. The molecule has 23 heavy (non-hydrogen) atoms. The van der Waals surface area contributed by atoms with E-state index >= 15 is 0 Å². The van der Waals surface area contributed by atoms with Gasteiger partial charge in [0.05, 0.1) is 10.7 Å². The van der Waals surface area contributed by atoms with Gasteiger partial charge in [-0.3, -0.25) is 0 Å². The minimum absolute atomic E-state index is 0.185. The lowest BCUT2D eigenvalue weighted by Gasteiger charge is -2.07. The maximum Gasteiger partial charge on any atom is 0.410 e. The van der Waals surface area contributed by atoms with Gasteiger partial charge >= 0.3 is 6.09 Å². The zero-order chi connectivity index (χ0) is 16.8. The molecule has 0 radical (unpaired) electrons. The van der Waals surface area contributed by atoms with Gasteiger partial charge in [0, 0.05) is 5.56 Å². The van der Waals surface area contributed by atoms with Crippen molar-refractivity contribution >= 4 is 23.4 Å². The summed E-state index contributed by atoms with van der Waals surface area (Å²) in [6.07, 6.45) is -0.922. The molecule has 0 saturated heterocycles. The number of benzene rings is 2. The zero-order valence-corrected chi connectivity index (χ0v) is 13.6. The molecule has 0 fully saturated rings. The SMILES string of the molecule is CC(=NOCc1cccc(C)c1)c1ccc(Cl)c(OC(N)=O)c1. The van der Waals surface area contributed by atoms with Crippen molar-refractivity contribution in [2.24, 2.45) is 10.9 Å². The molecule has 5 nitrogen and oxygen atoms in total. The molecule has 120 valence electrons. The maximum absolute atomic E-state index is 10.8. The number of carbonyl (C=O) groups excluding carboxylic acids is 1. The number of hydrogen-bond donors (Lipinski definition) is 1. The van der Waals surface area contributed by atoms with Crippen LogP contribution in [-0.4, -0.2) is 11.8 Å². The molecular weight excluding hydrogens is 316 g/mol. The van der Waals surface area contributed by atoms with Crippen LogP contribution in [0.2, 0.25) is 5.02 Å². The second-order valence-electron chi connectivity index (χ2n) is 5.01. The van der Waals surface area contributed by atoms with Crippen molar-refractivity contribution in [3.8, 4) is 5.75 Å². The molecule has 0 heterocycles. The summed E-state index contributed by atoms with van der Waals surface area (Å²) in [6, 6.07) is 12.9. The van der Waals surface area contributed by atoms with Crippen LogP contribution in [0.15, 0.2) is 47.6 Å². The van der Waals surface area contributed by atoms with E-state index in [0.717, 1.165) is 16.7 Å². The van der Waals surface area contributed by atoms with Gasteiger partial charge in [0.25, 0.3) is 0 Å². The zero-order valence-electron chi connectivity index (χ0n) is 12.9. The average molecular weight is 333 g/mol. The van der Waals surface area contributed by atoms with Crippen LogP contribution in [0.3, 0.4) is 0 Å². The molecule has 6 heteroatoms. The number of hydrogen-bond acceptors (Lipinski definition) is 4. The van der Waals surface area contributed by atoms with Crippen molar-refractivity contribution < 1.29 is 14.4 Å². The first-order valence-corrected chi connectivity index (χ1v) is 7.33. The highest BCUT2D eigenvalue weighted by atomic mass is 35.5. The predicted molar refractivity (Wildman–Crippen MR) is 89.8 cm³/mol. The van der Waals surface area contributed by atoms with Gasteiger partial charge in [-0.25, -0.2) is 4.79 Å². The quantitative estimate of drug-likeness (QED) is 0.663. The number of amides is 1. The highest BCUT2D eigenvalue weighted by Crippen LogP contribution is 2.26. The predicted octanol–water partition coefficient (Wildman–Crippen LogP) is 4.05. The van der Waals surface area contributed by atoms with Crippen LogP contribution in [0.1, 0.15) is 23.6 Å². The Kier molecular flexibility index (Phi) is 5.60. The van der Waals surface area contributed by atoms with Crippen molar-refractivity contribution in [3.05, 3.63) is 64.2 Å². The number of oxime groups is 1. The molecule has 0 saturated carbocycles. The lowest BCUT2D eigenvalue weighted by molar-refractivity contribution is 0.130. The Labute approximate surface area is 139 Å². The number of carbonyl (C=O) groups is 1. The van der Waals surface area contributed by atoms with Crippen LogP contribution in [0, 0.1) is 6.92 Å². The number of nitrogens with zero attached hydrogens (tertiary/aromatic N) is 1. The van der Waals surface area contributed by atoms with Crippen molar-refractivity contribution in [2.75, 3.05) is 0 Å². The van der Waals surface area contributed by atoms with Gasteiger partial charge in [-0.2, -0.15) is 0 Å². The normalized spacial score (nSPS) is 11.2. The summed E-state index contributed by atoms with van der Waals surface area (Å²) >= 11 is 5.94. The van der Waals surface area contributed by atoms with E-state index < -0.39 is 6.09 Å². The largest absolute Gasteiger partial charge is 0.410 e. The summed E-state index contributed by atoms with van der Waals surface area (Å²) < 4.78 is 4.83. The van der Waals surface area contributed by atoms with Gasteiger partial charge in [0.15, 0.2) is 5.75 Å². The third-order valence-electron chi connectivity index (χ3n) is 3.07. The van der Waals surface area contributed by atoms with E-state index in [-0.39, 0.29) is 5.75 Å². The lowest BCUT2D eigenvalue weighted by Crippen LogP contribution is -2.16. The van der Waals surface area contributed by atoms with Gasteiger partial charge < -0.3 is 15.3 Å². The topological polar surface area (TPSA) is 73.9 Å². The number of primary amides is 1. The van der Waals surface area contributed by atoms with E-state index in [9.17, 15) is 4.79 Å². The van der Waals surface area contributed by atoms with Crippen LogP contribution < -0.4 is 10.5 Å². The summed E-state index contributed by atoms with van der Waals surface area (Å²) in [5, 5.41) is 4.36. The van der Waals surface area contributed by atoms with Gasteiger partial charge in [-0.05, 0) is 31.5 Å². The Morgan fingerprint density at radius 2 is 2.04 bits per heavy atom. The van der Waals surface area contributed by atoms with E-state index in [1.54, 1.807) is 25.1 Å². The van der Waals surface area contributed by atoms with E-state index in [4.69, 9.17) is 26.9 Å². The molecule has 0 spiro atoms. The number of rotatable bonds is 5. The number of ether oxygens (including phenoxy) is 1. The Hall–Kier alpha value is -2.53. The Morgan fingerprint density at radius 3 is 2.74 bits per heavy atom. The monoisotopic (exact) mass is 332 g/mol. The van der Waals surface area contributed by atoms with Gasteiger partial charge in [0.1, 0.15) is 6.61 Å². The van der Waals surface area contributed by atoms with Crippen LogP contribution >= 0.6 is 11.6 Å². The second-order valence-corrected chi connectivity index (χ2v) is 5.41. The molecule has 0 aromatic heterocycles. The summed E-state index contributed by atoms with van der Waals surface area (Å²) in [6.45, 7) is 4.18. The summed E-state index contributed by atoms with van der Waals surface area (Å²) in [5.74, 6) is 0.185. The van der Waals surface area contributed by atoms with Crippen molar-refractivity contribution in [1.82, 2.24) is 0 Å². The molecule has 0 bridgehead atoms. The Morgan fingerprint density at radius 1 is 1.26 bits per heavy atom. The third kappa shape index (κ3) is 5.00. The first kappa shape index (κ1) is 16.8. The molecule has 0 atom stereocenters. The lowest BCUT2D eigenvalue weighted by atomic mass is 10.1. The van der Waals surface area contributed by atoms with Crippen molar-refractivity contribution in [3.63, 3.8) is 0 Å². The van der Waals surface area contributed by atoms with Gasteiger partial charge in [0.2, 0.25) is 0 Å². The number of halogens is 1. The highest BCUT2D eigenvalue weighted by Gasteiger charge is 2.08. The van der Waals surface area contributed by atoms with Gasteiger partial charge in [-0.15, -0.1) is 0 Å². The highest BCUT2D eigenvalue weighted by molar-refractivity contribution is 6.32. The van der Waals surface area contributed by atoms with E-state index in [1.807, 2.05) is 31.2 Å². The standard InChI is InChI=1S/C17H17ClN2O3/c1-11-4-3-5-13(8-11)10-22-20-12(2)14-6-7-15(18)16(9-14)23-17(19)21/h3-9H,10H2,1-2H3,(H2,19,21). The van der Waals surface area contributed by atoms with Crippen LogP contribution in [-0.2, 0) is 11.4 Å². The molecule has 1 amide bonds. The first-order chi connectivity index (χ1) is 11.0. The van der Waals surface area contributed by atoms with Crippen LogP contribution in [0.25, 0.3) is 0 Å². The van der Waals surface area contributed by atoms with Gasteiger partial charge in [-0.1, -0.05) is 52.7 Å². The molecule has 0 unspecified atom stereocenters. The second kappa shape index (κ2) is 7.65. The van der Waals surface area contributed by atoms with Crippen LogP contribution in [0.4, 0.5) is 4.79 Å². The van der Waals surface area contributed by atoms with Crippen molar-refractivity contribution in [1.29, 1.82) is 0 Å².